The van der Waals surface area contributed by atoms with E-state index in [-0.39, 0.29) is 0 Å². The molecule has 2 fully saturated rings. The van der Waals surface area contributed by atoms with E-state index in [9.17, 15) is 0 Å². The molecular weight excluding hydrogens is 330 g/mol. The molecule has 7 heteroatoms. The monoisotopic (exact) mass is 351 g/mol. The molecule has 0 unspecified atom stereocenters. The van der Waals surface area contributed by atoms with Crippen molar-refractivity contribution in [2.45, 2.75) is 6.54 Å². The second kappa shape index (κ2) is 6.84. The summed E-state index contributed by atoms with van der Waals surface area (Å²) in [4.78, 5) is 7.34. The molecule has 0 spiro atoms. The van der Waals surface area contributed by atoms with Gasteiger partial charge in [0.1, 0.15) is 4.32 Å². The fraction of sp³-hybridized carbons (Fsp3) is 0.562. The van der Waals surface area contributed by atoms with Crippen LogP contribution in [0, 0.1) is 0 Å². The summed E-state index contributed by atoms with van der Waals surface area (Å²) in [5, 5.41) is 0. The molecular formula is C16H21N3O2S2. The van der Waals surface area contributed by atoms with Crippen molar-refractivity contribution in [3.8, 4) is 11.5 Å². The minimum Gasteiger partial charge on any atom is -0.454 e. The molecule has 0 bridgehead atoms. The van der Waals surface area contributed by atoms with E-state index < -0.39 is 0 Å². The summed E-state index contributed by atoms with van der Waals surface area (Å²) in [6, 6.07) is 6.26. The number of thioether (sulfide) groups is 1. The SMILES string of the molecule is S=C1SCCN1CN1CCN(Cc2ccc3c(c2)OCO3)CC1. The zero-order valence-electron chi connectivity index (χ0n) is 13.1. The van der Waals surface area contributed by atoms with E-state index >= 15 is 0 Å². The van der Waals surface area contributed by atoms with E-state index in [0.717, 1.165) is 67.5 Å². The number of thiocarbonyl (C=S) groups is 1. The Morgan fingerprint density at radius 1 is 1.00 bits per heavy atom. The quantitative estimate of drug-likeness (QED) is 0.764. The lowest BCUT2D eigenvalue weighted by molar-refractivity contribution is 0.0988. The Hall–Kier alpha value is -1.02. The smallest absolute Gasteiger partial charge is 0.231 e. The van der Waals surface area contributed by atoms with Crippen LogP contribution in [0.15, 0.2) is 18.2 Å². The van der Waals surface area contributed by atoms with Gasteiger partial charge in [-0.2, -0.15) is 0 Å². The molecule has 2 saturated heterocycles. The standard InChI is InChI=1S/C16H21N3O2S2/c22-16-19(7-8-23-16)11-18-5-3-17(4-6-18)10-13-1-2-14-15(9-13)21-12-20-14/h1-2,9H,3-8,10-12H2. The van der Waals surface area contributed by atoms with Crippen molar-refractivity contribution in [2.75, 3.05) is 51.9 Å². The number of piperazine rings is 1. The minimum absolute atomic E-state index is 0.341. The highest BCUT2D eigenvalue weighted by Crippen LogP contribution is 2.32. The Morgan fingerprint density at radius 3 is 2.57 bits per heavy atom. The lowest BCUT2D eigenvalue weighted by Crippen LogP contribution is -2.49. The van der Waals surface area contributed by atoms with Gasteiger partial charge in [-0.25, -0.2) is 0 Å². The molecule has 0 atom stereocenters. The Morgan fingerprint density at radius 2 is 1.78 bits per heavy atom. The third kappa shape index (κ3) is 3.57. The Bertz CT molecular complexity index is 591. The molecule has 3 aliphatic rings. The lowest BCUT2D eigenvalue weighted by atomic mass is 10.1. The molecule has 23 heavy (non-hydrogen) atoms. The molecule has 0 N–H and O–H groups in total. The maximum atomic E-state index is 5.46. The van der Waals surface area contributed by atoms with Gasteiger partial charge in [0.05, 0.1) is 6.67 Å². The highest BCUT2D eigenvalue weighted by molar-refractivity contribution is 8.23. The van der Waals surface area contributed by atoms with Gasteiger partial charge in [0, 0.05) is 45.0 Å². The number of benzene rings is 1. The minimum atomic E-state index is 0.341. The molecule has 124 valence electrons. The van der Waals surface area contributed by atoms with Crippen molar-refractivity contribution in [1.82, 2.24) is 14.7 Å². The predicted molar refractivity (Wildman–Crippen MR) is 96.0 cm³/mol. The van der Waals surface area contributed by atoms with Crippen molar-refractivity contribution < 1.29 is 9.47 Å². The second-order valence-corrected chi connectivity index (χ2v) is 7.83. The van der Waals surface area contributed by atoms with Crippen LogP contribution in [0.3, 0.4) is 0 Å². The average Bonchev–Trinajstić information content (AvgIpc) is 3.18. The van der Waals surface area contributed by atoms with Gasteiger partial charge >= 0.3 is 0 Å². The number of ether oxygens (including phenoxy) is 2. The fourth-order valence-corrected chi connectivity index (χ4v) is 4.40. The molecule has 0 saturated carbocycles. The molecule has 1 aromatic carbocycles. The molecule has 3 heterocycles. The predicted octanol–water partition coefficient (Wildman–Crippen LogP) is 1.82. The van der Waals surface area contributed by atoms with E-state index in [4.69, 9.17) is 21.7 Å². The van der Waals surface area contributed by atoms with Crippen LogP contribution in [0.2, 0.25) is 0 Å². The average molecular weight is 351 g/mol. The highest BCUT2D eigenvalue weighted by Gasteiger charge is 2.23. The van der Waals surface area contributed by atoms with Gasteiger partial charge in [-0.05, 0) is 17.7 Å². The summed E-state index contributed by atoms with van der Waals surface area (Å²) in [6.07, 6.45) is 0. The molecule has 4 rings (SSSR count). The van der Waals surface area contributed by atoms with Crippen LogP contribution < -0.4 is 9.47 Å². The molecule has 1 aromatic rings. The van der Waals surface area contributed by atoms with Gasteiger partial charge in [-0.3, -0.25) is 9.80 Å². The van der Waals surface area contributed by atoms with Crippen LogP contribution in [0.5, 0.6) is 11.5 Å². The van der Waals surface area contributed by atoms with Gasteiger partial charge < -0.3 is 14.4 Å². The van der Waals surface area contributed by atoms with Crippen LogP contribution in [0.25, 0.3) is 0 Å². The summed E-state index contributed by atoms with van der Waals surface area (Å²) in [7, 11) is 0. The summed E-state index contributed by atoms with van der Waals surface area (Å²) in [6.45, 7) is 7.81. The number of hydrogen-bond donors (Lipinski definition) is 0. The molecule has 0 radical (unpaired) electrons. The fourth-order valence-electron chi connectivity index (χ4n) is 3.18. The van der Waals surface area contributed by atoms with Crippen molar-refractivity contribution in [2.24, 2.45) is 0 Å². The first kappa shape index (κ1) is 15.5. The van der Waals surface area contributed by atoms with Crippen LogP contribution in [0.1, 0.15) is 5.56 Å². The number of fused-ring (bicyclic) bond motifs is 1. The first-order chi connectivity index (χ1) is 11.3. The van der Waals surface area contributed by atoms with Crippen LogP contribution in [-0.4, -0.2) is 71.0 Å². The molecule has 3 aliphatic heterocycles. The Kier molecular flexibility index (Phi) is 4.61. The number of hydrogen-bond acceptors (Lipinski definition) is 6. The summed E-state index contributed by atoms with van der Waals surface area (Å²) < 4.78 is 11.9. The van der Waals surface area contributed by atoms with Crippen molar-refractivity contribution in [3.63, 3.8) is 0 Å². The zero-order chi connectivity index (χ0) is 15.6. The topological polar surface area (TPSA) is 28.2 Å². The van der Waals surface area contributed by atoms with E-state index in [1.807, 2.05) is 6.07 Å². The molecule has 0 aromatic heterocycles. The van der Waals surface area contributed by atoms with E-state index in [2.05, 4.69) is 26.8 Å². The third-order valence-electron chi connectivity index (χ3n) is 4.52. The molecule has 0 amide bonds. The Balaban J connectivity index is 1.27. The lowest BCUT2D eigenvalue weighted by Gasteiger charge is -2.36. The van der Waals surface area contributed by atoms with Crippen LogP contribution >= 0.6 is 24.0 Å². The molecule has 5 nitrogen and oxygen atoms in total. The van der Waals surface area contributed by atoms with Crippen molar-refractivity contribution in [1.29, 1.82) is 0 Å². The summed E-state index contributed by atoms with van der Waals surface area (Å²) >= 11 is 7.19. The van der Waals surface area contributed by atoms with Gasteiger partial charge in [0.25, 0.3) is 0 Å². The number of nitrogens with zero attached hydrogens (tertiary/aromatic N) is 3. The first-order valence-electron chi connectivity index (χ1n) is 8.03. The van der Waals surface area contributed by atoms with Crippen LogP contribution in [-0.2, 0) is 6.54 Å². The van der Waals surface area contributed by atoms with Crippen molar-refractivity contribution >= 4 is 28.3 Å². The second-order valence-electron chi connectivity index (χ2n) is 6.10. The van der Waals surface area contributed by atoms with E-state index in [1.54, 1.807) is 11.8 Å². The first-order valence-corrected chi connectivity index (χ1v) is 9.42. The van der Waals surface area contributed by atoms with Gasteiger partial charge in [0.2, 0.25) is 6.79 Å². The third-order valence-corrected chi connectivity index (χ3v) is 6.03. The normalized spacial score (nSPS) is 22.1. The largest absolute Gasteiger partial charge is 0.454 e. The number of rotatable bonds is 4. The summed E-state index contributed by atoms with van der Waals surface area (Å²) in [5.41, 5.74) is 1.29. The van der Waals surface area contributed by atoms with Gasteiger partial charge in [0.15, 0.2) is 11.5 Å². The highest BCUT2D eigenvalue weighted by atomic mass is 32.2. The maximum Gasteiger partial charge on any atom is 0.231 e. The van der Waals surface area contributed by atoms with Crippen molar-refractivity contribution in [3.05, 3.63) is 23.8 Å². The molecule has 0 aliphatic carbocycles. The van der Waals surface area contributed by atoms with E-state index in [1.165, 1.54) is 5.56 Å². The van der Waals surface area contributed by atoms with Gasteiger partial charge in [-0.1, -0.05) is 30.0 Å². The van der Waals surface area contributed by atoms with E-state index in [0.29, 0.717) is 6.79 Å². The summed E-state index contributed by atoms with van der Waals surface area (Å²) in [5.74, 6) is 2.88. The Labute approximate surface area is 146 Å². The van der Waals surface area contributed by atoms with Gasteiger partial charge in [-0.15, -0.1) is 0 Å². The van der Waals surface area contributed by atoms with Crippen LogP contribution in [0.4, 0.5) is 0 Å². The zero-order valence-corrected chi connectivity index (χ0v) is 14.7. The maximum absolute atomic E-state index is 5.46.